The van der Waals surface area contributed by atoms with Crippen LogP contribution in [-0.4, -0.2) is 46.8 Å². The van der Waals surface area contributed by atoms with Gasteiger partial charge in [-0.2, -0.15) is 5.10 Å². The molecule has 7 nitrogen and oxygen atoms in total. The third-order valence-corrected chi connectivity index (χ3v) is 4.53. The number of esters is 1. The number of rotatable bonds is 6. The van der Waals surface area contributed by atoms with Crippen molar-refractivity contribution in [2.75, 3.05) is 20.3 Å². The number of benzene rings is 1. The zero-order valence-electron chi connectivity index (χ0n) is 15.1. The summed E-state index contributed by atoms with van der Waals surface area (Å²) in [5, 5.41) is 4.25. The predicted octanol–water partition coefficient (Wildman–Crippen LogP) is 1.95. The van der Waals surface area contributed by atoms with Gasteiger partial charge >= 0.3 is 5.97 Å². The number of hydrogen-bond donors (Lipinski definition) is 0. The Morgan fingerprint density at radius 2 is 2.00 bits per heavy atom. The van der Waals surface area contributed by atoms with Gasteiger partial charge in [0.2, 0.25) is 5.91 Å². The molecule has 0 unspecified atom stereocenters. The van der Waals surface area contributed by atoms with E-state index in [-0.39, 0.29) is 5.91 Å². The quantitative estimate of drug-likeness (QED) is 0.584. The summed E-state index contributed by atoms with van der Waals surface area (Å²) < 4.78 is 12.1. The lowest BCUT2D eigenvalue weighted by atomic mass is 10.0. The van der Waals surface area contributed by atoms with Crippen molar-refractivity contribution < 1.29 is 19.1 Å². The van der Waals surface area contributed by atoms with Crippen LogP contribution in [0.3, 0.4) is 0 Å². The molecule has 1 aliphatic heterocycles. The lowest BCUT2D eigenvalue weighted by molar-refractivity contribution is -0.132. The number of nitrogens with zero attached hydrogens (tertiary/aromatic N) is 3. The molecule has 0 radical (unpaired) electrons. The minimum absolute atomic E-state index is 0.0909. The average Bonchev–Trinajstić information content (AvgIpc) is 3.01. The number of methoxy groups -OCH3 is 1. The molecule has 0 aliphatic carbocycles. The number of carbonyl (C=O) groups excluding carboxylic acids is 2. The number of ether oxygens (including phenoxy) is 2. The summed E-state index contributed by atoms with van der Waals surface area (Å²) in [4.78, 5) is 26.1. The largest absolute Gasteiger partial charge is 0.494 e. The Morgan fingerprint density at radius 3 is 2.73 bits per heavy atom. The first-order valence-electron chi connectivity index (χ1n) is 8.69. The number of carbonyl (C=O) groups is 2. The molecule has 2 heterocycles. The summed E-state index contributed by atoms with van der Waals surface area (Å²) in [5.41, 5.74) is 2.13. The van der Waals surface area contributed by atoms with Crippen molar-refractivity contribution in [3.8, 4) is 5.75 Å². The summed E-state index contributed by atoms with van der Waals surface area (Å²) in [5.74, 6) is 0.473. The first kappa shape index (κ1) is 18.0. The highest BCUT2D eigenvalue weighted by Crippen LogP contribution is 2.23. The molecule has 0 spiro atoms. The summed E-state index contributed by atoms with van der Waals surface area (Å²) in [7, 11) is 3.13. The van der Waals surface area contributed by atoms with E-state index in [0.29, 0.717) is 44.7 Å². The maximum atomic E-state index is 12.5. The van der Waals surface area contributed by atoms with Crippen LogP contribution < -0.4 is 4.74 Å². The van der Waals surface area contributed by atoms with Crippen LogP contribution in [0.1, 0.15) is 34.6 Å². The van der Waals surface area contributed by atoms with Crippen LogP contribution in [0, 0.1) is 0 Å². The Morgan fingerprint density at radius 1 is 1.23 bits per heavy atom. The topological polar surface area (TPSA) is 73.7 Å². The Labute approximate surface area is 152 Å². The smallest absolute Gasteiger partial charge is 0.358 e. The van der Waals surface area contributed by atoms with Crippen LogP contribution in [-0.2, 0) is 29.5 Å². The molecule has 1 aromatic carbocycles. The zero-order valence-corrected chi connectivity index (χ0v) is 15.1. The average molecular weight is 357 g/mol. The number of aryl methyl sites for hydroxylation is 1. The molecule has 7 heteroatoms. The molecule has 0 N–H and O–H groups in total. The van der Waals surface area contributed by atoms with Gasteiger partial charge in [0.25, 0.3) is 0 Å². The molecule has 2 aromatic rings. The molecule has 1 aliphatic rings. The highest BCUT2D eigenvalue weighted by Gasteiger charge is 2.29. The minimum atomic E-state index is -0.431. The van der Waals surface area contributed by atoms with Crippen LogP contribution in [0.15, 0.2) is 30.3 Å². The minimum Gasteiger partial charge on any atom is -0.494 e. The number of amides is 1. The number of fused-ring (bicyclic) bond motifs is 1. The Hall–Kier alpha value is -2.83. The molecular weight excluding hydrogens is 334 g/mol. The molecule has 1 aromatic heterocycles. The Balaban J connectivity index is 1.53. The summed E-state index contributed by atoms with van der Waals surface area (Å²) in [6.45, 7) is 1.56. The zero-order chi connectivity index (χ0) is 18.5. The second-order valence-corrected chi connectivity index (χ2v) is 6.22. The fourth-order valence-electron chi connectivity index (χ4n) is 3.13. The van der Waals surface area contributed by atoms with E-state index >= 15 is 0 Å². The van der Waals surface area contributed by atoms with Crippen molar-refractivity contribution in [3.05, 3.63) is 47.3 Å². The molecule has 138 valence electrons. The lowest BCUT2D eigenvalue weighted by Crippen LogP contribution is -2.36. The lowest BCUT2D eigenvalue weighted by Gasteiger charge is -2.27. The van der Waals surface area contributed by atoms with E-state index in [1.54, 1.807) is 11.7 Å². The van der Waals surface area contributed by atoms with Crippen molar-refractivity contribution in [1.29, 1.82) is 0 Å². The van der Waals surface area contributed by atoms with Crippen LogP contribution >= 0.6 is 0 Å². The molecule has 0 fully saturated rings. The second-order valence-electron chi connectivity index (χ2n) is 6.22. The van der Waals surface area contributed by atoms with Gasteiger partial charge in [0, 0.05) is 25.6 Å². The molecule has 0 bridgehead atoms. The van der Waals surface area contributed by atoms with Gasteiger partial charge in [-0.3, -0.25) is 9.48 Å². The van der Waals surface area contributed by atoms with Crippen LogP contribution in [0.4, 0.5) is 0 Å². The number of hydrogen-bond acceptors (Lipinski definition) is 5. The molecule has 0 saturated heterocycles. The van der Waals surface area contributed by atoms with Crippen molar-refractivity contribution in [1.82, 2.24) is 14.7 Å². The summed E-state index contributed by atoms with van der Waals surface area (Å²) in [6.07, 6.45) is 1.71. The highest BCUT2D eigenvalue weighted by atomic mass is 16.5. The molecule has 0 atom stereocenters. The van der Waals surface area contributed by atoms with Gasteiger partial charge in [0.15, 0.2) is 5.69 Å². The van der Waals surface area contributed by atoms with E-state index < -0.39 is 5.97 Å². The standard InChI is InChI=1S/C19H23N3O4/c1-21-16-13-22(11-10-15(16)18(20-21)19(24)25-2)17(23)9-6-12-26-14-7-4-3-5-8-14/h3-5,7-8H,6,9-13H2,1-2H3. The van der Waals surface area contributed by atoms with Crippen molar-refractivity contribution >= 4 is 11.9 Å². The summed E-state index contributed by atoms with van der Waals surface area (Å²) >= 11 is 0. The molecule has 26 heavy (non-hydrogen) atoms. The Kier molecular flexibility index (Phi) is 5.55. The van der Waals surface area contributed by atoms with E-state index in [2.05, 4.69) is 5.10 Å². The van der Waals surface area contributed by atoms with Gasteiger partial charge in [0.05, 0.1) is 26.0 Å². The van der Waals surface area contributed by atoms with E-state index in [1.165, 1.54) is 7.11 Å². The maximum absolute atomic E-state index is 12.5. The van der Waals surface area contributed by atoms with Crippen LogP contribution in [0.2, 0.25) is 0 Å². The van der Waals surface area contributed by atoms with Gasteiger partial charge in [-0.1, -0.05) is 18.2 Å². The fraction of sp³-hybridized carbons (Fsp3) is 0.421. The van der Waals surface area contributed by atoms with Gasteiger partial charge in [-0.25, -0.2) is 4.79 Å². The normalized spacial score (nSPS) is 13.2. The molecule has 3 rings (SSSR count). The molecule has 0 saturated carbocycles. The highest BCUT2D eigenvalue weighted by molar-refractivity contribution is 5.89. The van der Waals surface area contributed by atoms with Gasteiger partial charge in [0.1, 0.15) is 5.75 Å². The molecular formula is C19H23N3O4. The first-order chi connectivity index (χ1) is 12.6. The van der Waals surface area contributed by atoms with Gasteiger partial charge in [-0.05, 0) is 25.0 Å². The fourth-order valence-corrected chi connectivity index (χ4v) is 3.13. The van der Waals surface area contributed by atoms with Gasteiger partial charge < -0.3 is 14.4 Å². The van der Waals surface area contributed by atoms with Crippen LogP contribution in [0.25, 0.3) is 0 Å². The van der Waals surface area contributed by atoms with Gasteiger partial charge in [-0.15, -0.1) is 0 Å². The summed E-state index contributed by atoms with van der Waals surface area (Å²) in [6, 6.07) is 9.57. The third kappa shape index (κ3) is 3.87. The van der Waals surface area contributed by atoms with E-state index in [0.717, 1.165) is 17.0 Å². The molecule has 1 amide bonds. The third-order valence-electron chi connectivity index (χ3n) is 4.53. The van der Waals surface area contributed by atoms with Crippen molar-refractivity contribution in [2.45, 2.75) is 25.8 Å². The SMILES string of the molecule is COC(=O)c1nn(C)c2c1CCN(C(=O)CCCOc1ccccc1)C2. The van der Waals surface area contributed by atoms with E-state index in [4.69, 9.17) is 9.47 Å². The predicted molar refractivity (Wildman–Crippen MR) is 94.8 cm³/mol. The van der Waals surface area contributed by atoms with E-state index in [1.807, 2.05) is 35.2 Å². The second kappa shape index (κ2) is 8.03. The maximum Gasteiger partial charge on any atom is 0.358 e. The monoisotopic (exact) mass is 357 g/mol. The van der Waals surface area contributed by atoms with Crippen LogP contribution in [0.5, 0.6) is 5.75 Å². The van der Waals surface area contributed by atoms with Crippen molar-refractivity contribution in [3.63, 3.8) is 0 Å². The van der Waals surface area contributed by atoms with Crippen molar-refractivity contribution in [2.24, 2.45) is 7.05 Å². The first-order valence-corrected chi connectivity index (χ1v) is 8.69. The Bertz CT molecular complexity index is 786. The number of para-hydroxylation sites is 1. The number of aromatic nitrogens is 2. The van der Waals surface area contributed by atoms with E-state index in [9.17, 15) is 9.59 Å².